The molecule has 0 unspecified atom stereocenters. The smallest absolute Gasteiger partial charge is 0.328 e. The zero-order chi connectivity index (χ0) is 32.5. The molecule has 0 spiro atoms. The summed E-state index contributed by atoms with van der Waals surface area (Å²) in [6.45, 7) is 0.565. The maximum Gasteiger partial charge on any atom is 0.328 e. The highest BCUT2D eigenvalue weighted by molar-refractivity contribution is 9.11. The summed E-state index contributed by atoms with van der Waals surface area (Å²) < 4.78 is 6.08. The molecule has 0 aliphatic heterocycles. The Bertz CT molecular complexity index is 1550. The van der Waals surface area contributed by atoms with Crippen molar-refractivity contribution in [2.24, 2.45) is 5.92 Å². The summed E-state index contributed by atoms with van der Waals surface area (Å²) in [5.41, 5.74) is 1.86. The summed E-state index contributed by atoms with van der Waals surface area (Å²) in [5.74, 6) is -1.00. The van der Waals surface area contributed by atoms with Gasteiger partial charge in [-0.2, -0.15) is 0 Å². The van der Waals surface area contributed by atoms with Crippen LogP contribution >= 0.6 is 55.1 Å². The lowest BCUT2D eigenvalue weighted by atomic mass is 9.89. The molecular weight excluding hydrogens is 751 g/mol. The number of nitrogens with one attached hydrogen (secondary N) is 4. The van der Waals surface area contributed by atoms with Crippen molar-refractivity contribution in [3.05, 3.63) is 90.3 Å². The highest BCUT2D eigenvalue weighted by Crippen LogP contribution is 2.31. The van der Waals surface area contributed by atoms with Crippen molar-refractivity contribution < 1.29 is 23.9 Å². The second-order valence-electron chi connectivity index (χ2n) is 10.7. The van der Waals surface area contributed by atoms with Gasteiger partial charge >= 0.3 is 12.0 Å². The van der Waals surface area contributed by atoms with Crippen LogP contribution in [-0.4, -0.2) is 43.5 Å². The zero-order valence-electron chi connectivity index (χ0n) is 24.4. The van der Waals surface area contributed by atoms with Gasteiger partial charge in [0, 0.05) is 27.6 Å². The lowest BCUT2D eigenvalue weighted by Crippen LogP contribution is -2.45. The average Bonchev–Trinajstić information content (AvgIpc) is 3.01. The van der Waals surface area contributed by atoms with E-state index in [1.54, 1.807) is 54.6 Å². The number of amides is 4. The van der Waals surface area contributed by atoms with E-state index < -0.39 is 23.9 Å². The maximum absolute atomic E-state index is 13.2. The van der Waals surface area contributed by atoms with Crippen LogP contribution in [0.15, 0.2) is 63.5 Å². The van der Waals surface area contributed by atoms with Crippen LogP contribution < -0.4 is 21.3 Å². The second-order valence-corrected chi connectivity index (χ2v) is 13.2. The molecule has 45 heavy (non-hydrogen) atoms. The fraction of sp³-hybridized carbons (Fsp3) is 0.312. The van der Waals surface area contributed by atoms with Crippen molar-refractivity contribution in [2.45, 2.75) is 44.6 Å². The van der Waals surface area contributed by atoms with Crippen molar-refractivity contribution in [2.75, 3.05) is 24.3 Å². The van der Waals surface area contributed by atoms with Gasteiger partial charge in [0.1, 0.15) is 6.04 Å². The quantitative estimate of drug-likeness (QED) is 0.155. The van der Waals surface area contributed by atoms with Crippen LogP contribution in [0, 0.1) is 5.92 Å². The van der Waals surface area contributed by atoms with Crippen molar-refractivity contribution in [3.8, 4) is 0 Å². The third kappa shape index (κ3) is 9.68. The molecule has 1 atom stereocenters. The minimum atomic E-state index is -1.05. The lowest BCUT2D eigenvalue weighted by molar-refractivity contribution is -0.142. The van der Waals surface area contributed by atoms with Crippen molar-refractivity contribution in [3.63, 3.8) is 0 Å². The monoisotopic (exact) mass is 780 g/mol. The number of esters is 1. The Morgan fingerprint density at radius 1 is 0.911 bits per heavy atom. The van der Waals surface area contributed by atoms with Crippen LogP contribution in [0.2, 0.25) is 10.0 Å². The van der Waals surface area contributed by atoms with Gasteiger partial charge in [-0.3, -0.25) is 9.59 Å². The molecule has 4 N–H and O–H groups in total. The standard InChI is InChI=1S/C32H32Br2Cl2N4O5/c1-45-31(43)26(14-18-10-12-21(13-11-18)38-30(42)27-24(35)8-5-9-25(27)36)39-32(44)40-28-22(15-20(33)16-23(28)34)29(41)37-17-19-6-3-2-4-7-19/h5,8-13,15-16,19,26H,2-4,6-7,14,17H2,1H3,(H,37,41)(H,38,42)(H2,39,40,44)/t26-/m0/s1. The van der Waals surface area contributed by atoms with Gasteiger partial charge in [0.05, 0.1) is 34.0 Å². The van der Waals surface area contributed by atoms with E-state index in [0.29, 0.717) is 32.7 Å². The number of carbonyl (C=O) groups is 4. The molecule has 1 aliphatic rings. The lowest BCUT2D eigenvalue weighted by Gasteiger charge is -2.22. The van der Waals surface area contributed by atoms with Gasteiger partial charge in [0.2, 0.25) is 0 Å². The maximum atomic E-state index is 13.2. The van der Waals surface area contributed by atoms with E-state index in [1.165, 1.54) is 13.5 Å². The van der Waals surface area contributed by atoms with E-state index in [0.717, 1.165) is 25.7 Å². The van der Waals surface area contributed by atoms with E-state index in [4.69, 9.17) is 27.9 Å². The number of urea groups is 1. The molecule has 1 saturated carbocycles. The van der Waals surface area contributed by atoms with Gasteiger partial charge in [-0.15, -0.1) is 0 Å². The van der Waals surface area contributed by atoms with Crippen molar-refractivity contribution in [1.29, 1.82) is 0 Å². The Morgan fingerprint density at radius 2 is 1.58 bits per heavy atom. The minimum Gasteiger partial charge on any atom is -0.467 e. The highest BCUT2D eigenvalue weighted by atomic mass is 79.9. The van der Waals surface area contributed by atoms with Gasteiger partial charge in [-0.1, -0.05) is 76.6 Å². The number of anilines is 2. The summed E-state index contributed by atoms with van der Waals surface area (Å²) >= 11 is 19.1. The molecule has 3 aromatic rings. The average molecular weight is 783 g/mol. The Morgan fingerprint density at radius 3 is 2.22 bits per heavy atom. The number of carbonyl (C=O) groups excluding carboxylic acids is 4. The fourth-order valence-electron chi connectivity index (χ4n) is 5.11. The van der Waals surface area contributed by atoms with E-state index >= 15 is 0 Å². The van der Waals surface area contributed by atoms with Crippen molar-refractivity contribution >= 4 is 90.3 Å². The van der Waals surface area contributed by atoms with E-state index in [-0.39, 0.29) is 39.2 Å². The van der Waals surface area contributed by atoms with Crippen LogP contribution in [0.1, 0.15) is 58.4 Å². The number of hydrogen-bond acceptors (Lipinski definition) is 5. The Hall–Kier alpha value is -3.12. The highest BCUT2D eigenvalue weighted by Gasteiger charge is 2.25. The van der Waals surface area contributed by atoms with Crippen LogP contribution in [0.25, 0.3) is 0 Å². The SMILES string of the molecule is COC(=O)[C@H](Cc1ccc(NC(=O)c2c(Cl)cccc2Cl)cc1)NC(=O)Nc1c(Br)cc(Br)cc1C(=O)NCC1CCCCC1. The first-order valence-electron chi connectivity index (χ1n) is 14.3. The summed E-state index contributed by atoms with van der Waals surface area (Å²) in [6, 6.07) is 13.1. The molecule has 1 aliphatic carbocycles. The molecular formula is C32H32Br2Cl2N4O5. The Labute approximate surface area is 288 Å². The molecule has 4 rings (SSSR count). The van der Waals surface area contributed by atoms with Crippen LogP contribution in [0.4, 0.5) is 16.2 Å². The zero-order valence-corrected chi connectivity index (χ0v) is 29.0. The van der Waals surface area contributed by atoms with E-state index in [9.17, 15) is 19.2 Å². The molecule has 0 aromatic heterocycles. The summed E-state index contributed by atoms with van der Waals surface area (Å²) in [7, 11) is 1.23. The molecule has 0 radical (unpaired) electrons. The second kappa shape index (κ2) is 16.4. The molecule has 9 nitrogen and oxygen atoms in total. The first-order chi connectivity index (χ1) is 21.5. The van der Waals surface area contributed by atoms with Crippen LogP contribution in [0.5, 0.6) is 0 Å². The summed E-state index contributed by atoms with van der Waals surface area (Å²) in [4.78, 5) is 51.7. The largest absolute Gasteiger partial charge is 0.467 e. The van der Waals surface area contributed by atoms with Gasteiger partial charge in [-0.05, 0) is 76.7 Å². The number of methoxy groups -OCH3 is 1. The van der Waals surface area contributed by atoms with Gasteiger partial charge in [-0.25, -0.2) is 9.59 Å². The normalized spacial score (nSPS) is 13.8. The van der Waals surface area contributed by atoms with Gasteiger partial charge < -0.3 is 26.0 Å². The third-order valence-corrected chi connectivity index (χ3v) is 9.16. The summed E-state index contributed by atoms with van der Waals surface area (Å²) in [5, 5.41) is 11.6. The number of benzene rings is 3. The van der Waals surface area contributed by atoms with Crippen molar-refractivity contribution in [1.82, 2.24) is 10.6 Å². The summed E-state index contributed by atoms with van der Waals surface area (Å²) in [6.07, 6.45) is 5.82. The Kier molecular flexibility index (Phi) is 12.7. The third-order valence-electron chi connectivity index (χ3n) is 7.45. The molecule has 0 bridgehead atoms. The number of ether oxygens (including phenoxy) is 1. The first-order valence-corrected chi connectivity index (χ1v) is 16.7. The molecule has 3 aromatic carbocycles. The predicted molar refractivity (Wildman–Crippen MR) is 183 cm³/mol. The molecule has 13 heteroatoms. The Balaban J connectivity index is 1.42. The number of hydrogen-bond donors (Lipinski definition) is 4. The van der Waals surface area contributed by atoms with Crippen LogP contribution in [0.3, 0.4) is 0 Å². The van der Waals surface area contributed by atoms with Crippen LogP contribution in [-0.2, 0) is 16.0 Å². The molecule has 238 valence electrons. The minimum absolute atomic E-state index is 0.0981. The van der Waals surface area contributed by atoms with E-state index in [1.807, 2.05) is 0 Å². The molecule has 0 heterocycles. The molecule has 4 amide bonds. The van der Waals surface area contributed by atoms with Gasteiger partial charge in [0.15, 0.2) is 0 Å². The number of rotatable bonds is 10. The molecule has 1 fully saturated rings. The molecule has 0 saturated heterocycles. The fourth-order valence-corrected chi connectivity index (χ4v) is 7.01. The predicted octanol–water partition coefficient (Wildman–Crippen LogP) is 7.99. The van der Waals surface area contributed by atoms with Gasteiger partial charge in [0.25, 0.3) is 11.8 Å². The van der Waals surface area contributed by atoms with E-state index in [2.05, 4.69) is 53.1 Å². The first kappa shape index (κ1) is 34.7. The number of halogens is 4. The topological polar surface area (TPSA) is 126 Å².